The number of rotatable bonds is 1. The molecule has 0 radical (unpaired) electrons. The van der Waals surface area contributed by atoms with Crippen molar-refractivity contribution in [3.05, 3.63) is 11.1 Å². The molecule has 0 spiro atoms. The van der Waals surface area contributed by atoms with E-state index < -0.39 is 0 Å². The molecule has 0 saturated carbocycles. The van der Waals surface area contributed by atoms with Crippen LogP contribution in [0.1, 0.15) is 58.8 Å². The molecule has 0 saturated heterocycles. The van der Waals surface area contributed by atoms with E-state index >= 15 is 0 Å². The maximum Gasteiger partial charge on any atom is 0.133 e. The number of hydrogen-bond acceptors (Lipinski definition) is 1. The zero-order valence-electron chi connectivity index (χ0n) is 10.0. The maximum atomic E-state index is 11.5. The Morgan fingerprint density at radius 3 is 2.60 bits per heavy atom. The Hall–Kier alpha value is -0.590. The van der Waals surface area contributed by atoms with E-state index in [0.717, 1.165) is 6.42 Å². The summed E-state index contributed by atoms with van der Waals surface area (Å²) in [5.74, 6) is 1.25. The van der Waals surface area contributed by atoms with Gasteiger partial charge in [0, 0.05) is 5.92 Å². The van der Waals surface area contributed by atoms with Crippen LogP contribution in [0, 0.1) is 11.8 Å². The van der Waals surface area contributed by atoms with Crippen LogP contribution in [0.3, 0.4) is 0 Å². The van der Waals surface area contributed by atoms with E-state index in [-0.39, 0.29) is 0 Å². The Balaban J connectivity index is 2.20. The first-order valence-corrected chi connectivity index (χ1v) is 6.41. The first-order valence-electron chi connectivity index (χ1n) is 6.41. The molecule has 2 atom stereocenters. The molecule has 0 heterocycles. The highest BCUT2D eigenvalue weighted by atomic mass is 16.1. The van der Waals surface area contributed by atoms with Gasteiger partial charge in [-0.05, 0) is 51.4 Å². The molecule has 0 fully saturated rings. The topological polar surface area (TPSA) is 17.1 Å². The highest BCUT2D eigenvalue weighted by Crippen LogP contribution is 2.41. The van der Waals surface area contributed by atoms with Crippen molar-refractivity contribution in [3.63, 3.8) is 0 Å². The van der Waals surface area contributed by atoms with Crippen LogP contribution in [0.25, 0.3) is 0 Å². The summed E-state index contributed by atoms with van der Waals surface area (Å²) < 4.78 is 0. The minimum Gasteiger partial charge on any atom is -0.300 e. The van der Waals surface area contributed by atoms with Crippen molar-refractivity contribution in [3.8, 4) is 0 Å². The number of hydrogen-bond donors (Lipinski definition) is 0. The van der Waals surface area contributed by atoms with Crippen LogP contribution in [0.2, 0.25) is 0 Å². The van der Waals surface area contributed by atoms with Gasteiger partial charge in [-0.2, -0.15) is 0 Å². The van der Waals surface area contributed by atoms with Gasteiger partial charge >= 0.3 is 0 Å². The number of carbonyl (C=O) groups excluding carboxylic acids is 1. The van der Waals surface area contributed by atoms with Gasteiger partial charge in [-0.15, -0.1) is 0 Å². The second-order valence-corrected chi connectivity index (χ2v) is 5.23. The first kappa shape index (κ1) is 10.9. The molecule has 1 heteroatoms. The predicted molar refractivity (Wildman–Crippen MR) is 62.7 cm³/mol. The number of Topliss-reactive ketones (excluding diaryl/α,β-unsaturated/α-hetero) is 1. The standard InChI is InChI=1S/C14H22O/c1-10-13(11(2)15)9-8-12-6-4-3-5-7-14(10)12/h10,13H,3-9H2,1-2H3/t10-,13-/m1/s1. The molecule has 1 nitrogen and oxygen atoms in total. The lowest BCUT2D eigenvalue weighted by Crippen LogP contribution is -2.25. The Morgan fingerprint density at radius 2 is 1.87 bits per heavy atom. The molecular formula is C14H22O. The summed E-state index contributed by atoms with van der Waals surface area (Å²) in [6.45, 7) is 4.04. The Kier molecular flexibility index (Phi) is 3.28. The largest absolute Gasteiger partial charge is 0.300 e. The van der Waals surface area contributed by atoms with E-state index in [1.807, 2.05) is 0 Å². The summed E-state index contributed by atoms with van der Waals surface area (Å²) in [6.07, 6.45) is 8.97. The summed E-state index contributed by atoms with van der Waals surface area (Å²) in [6, 6.07) is 0. The first-order chi connectivity index (χ1) is 7.20. The minimum absolute atomic E-state index is 0.321. The quantitative estimate of drug-likeness (QED) is 0.595. The summed E-state index contributed by atoms with van der Waals surface area (Å²) >= 11 is 0. The van der Waals surface area contributed by atoms with Crippen molar-refractivity contribution >= 4 is 5.78 Å². The molecule has 0 aromatic heterocycles. The average molecular weight is 206 g/mol. The Labute approximate surface area is 92.9 Å². The fourth-order valence-corrected chi connectivity index (χ4v) is 3.38. The summed E-state index contributed by atoms with van der Waals surface area (Å²) in [7, 11) is 0. The summed E-state index contributed by atoms with van der Waals surface area (Å²) in [4.78, 5) is 11.5. The van der Waals surface area contributed by atoms with Gasteiger partial charge in [0.2, 0.25) is 0 Å². The number of allylic oxidation sites excluding steroid dienone is 2. The maximum absolute atomic E-state index is 11.5. The van der Waals surface area contributed by atoms with Gasteiger partial charge in [-0.3, -0.25) is 4.79 Å². The van der Waals surface area contributed by atoms with Gasteiger partial charge in [0.1, 0.15) is 5.78 Å². The lowest BCUT2D eigenvalue weighted by atomic mass is 9.73. The van der Waals surface area contributed by atoms with Crippen molar-refractivity contribution in [1.29, 1.82) is 0 Å². The highest BCUT2D eigenvalue weighted by Gasteiger charge is 2.31. The van der Waals surface area contributed by atoms with Crippen molar-refractivity contribution < 1.29 is 4.79 Å². The molecule has 2 rings (SSSR count). The second kappa shape index (κ2) is 4.51. The Morgan fingerprint density at radius 1 is 1.13 bits per heavy atom. The molecule has 2 aliphatic rings. The van der Waals surface area contributed by atoms with Gasteiger partial charge in [0.25, 0.3) is 0 Å². The van der Waals surface area contributed by atoms with Crippen molar-refractivity contribution in [2.75, 3.05) is 0 Å². The van der Waals surface area contributed by atoms with Crippen LogP contribution in [0.15, 0.2) is 11.1 Å². The SMILES string of the molecule is CC(=O)[C@@H]1CCC2=C(CCCCC2)[C@@H]1C. The zero-order valence-corrected chi connectivity index (χ0v) is 10.0. The molecule has 0 aromatic carbocycles. The van der Waals surface area contributed by atoms with Gasteiger partial charge < -0.3 is 0 Å². The monoisotopic (exact) mass is 206 g/mol. The lowest BCUT2D eigenvalue weighted by molar-refractivity contribution is -0.122. The molecule has 0 aromatic rings. The van der Waals surface area contributed by atoms with E-state index in [4.69, 9.17) is 0 Å². The van der Waals surface area contributed by atoms with E-state index in [0.29, 0.717) is 17.6 Å². The van der Waals surface area contributed by atoms with Crippen LogP contribution in [0.5, 0.6) is 0 Å². The molecule has 15 heavy (non-hydrogen) atoms. The molecule has 0 unspecified atom stereocenters. The van der Waals surface area contributed by atoms with E-state index in [1.54, 1.807) is 18.1 Å². The second-order valence-electron chi connectivity index (χ2n) is 5.23. The van der Waals surface area contributed by atoms with Crippen LogP contribution < -0.4 is 0 Å². The average Bonchev–Trinajstić information content (AvgIpc) is 2.43. The van der Waals surface area contributed by atoms with E-state index in [1.165, 1.54) is 38.5 Å². The van der Waals surface area contributed by atoms with Crippen molar-refractivity contribution in [1.82, 2.24) is 0 Å². The minimum atomic E-state index is 0.321. The normalized spacial score (nSPS) is 32.1. The number of ketones is 1. The zero-order chi connectivity index (χ0) is 10.8. The highest BCUT2D eigenvalue weighted by molar-refractivity contribution is 5.79. The Bertz CT molecular complexity index is 288. The molecular weight excluding hydrogens is 184 g/mol. The van der Waals surface area contributed by atoms with Gasteiger partial charge in [0.05, 0.1) is 0 Å². The smallest absolute Gasteiger partial charge is 0.133 e. The van der Waals surface area contributed by atoms with Gasteiger partial charge in [0.15, 0.2) is 0 Å². The molecule has 0 bridgehead atoms. The molecule has 0 amide bonds. The summed E-state index contributed by atoms with van der Waals surface area (Å²) in [5, 5.41) is 0. The van der Waals surface area contributed by atoms with Gasteiger partial charge in [-0.25, -0.2) is 0 Å². The van der Waals surface area contributed by atoms with Crippen LogP contribution in [-0.4, -0.2) is 5.78 Å². The van der Waals surface area contributed by atoms with Crippen LogP contribution >= 0.6 is 0 Å². The molecule has 84 valence electrons. The van der Waals surface area contributed by atoms with Crippen molar-refractivity contribution in [2.45, 2.75) is 58.8 Å². The molecule has 2 aliphatic carbocycles. The third-order valence-electron chi connectivity index (χ3n) is 4.31. The van der Waals surface area contributed by atoms with Crippen LogP contribution in [0.4, 0.5) is 0 Å². The van der Waals surface area contributed by atoms with Gasteiger partial charge in [-0.1, -0.05) is 24.5 Å². The summed E-state index contributed by atoms with van der Waals surface area (Å²) in [5.41, 5.74) is 3.36. The molecule has 0 aliphatic heterocycles. The van der Waals surface area contributed by atoms with E-state index in [9.17, 15) is 4.79 Å². The fraction of sp³-hybridized carbons (Fsp3) is 0.786. The predicted octanol–water partition coefficient (Wildman–Crippen LogP) is 3.88. The third kappa shape index (κ3) is 2.16. The molecule has 0 N–H and O–H groups in total. The fourth-order valence-electron chi connectivity index (χ4n) is 3.38. The van der Waals surface area contributed by atoms with E-state index in [2.05, 4.69) is 6.92 Å². The lowest BCUT2D eigenvalue weighted by Gasteiger charge is -2.31. The van der Waals surface area contributed by atoms with Crippen molar-refractivity contribution in [2.24, 2.45) is 11.8 Å². The van der Waals surface area contributed by atoms with Crippen LogP contribution in [-0.2, 0) is 4.79 Å². The number of carbonyl (C=O) groups is 1. The third-order valence-corrected chi connectivity index (χ3v) is 4.31.